The number of aryl methyl sites for hydroxylation is 1. The molecule has 0 radical (unpaired) electrons. The molecular weight excluding hydrogens is 390 g/mol. The normalized spacial score (nSPS) is 11.8. The molecule has 1 aromatic heterocycles. The highest BCUT2D eigenvalue weighted by Gasteiger charge is 2.21. The third-order valence-corrected chi connectivity index (χ3v) is 5.02. The minimum absolute atomic E-state index is 0.00102. The Bertz CT molecular complexity index is 889. The van der Waals surface area contributed by atoms with Gasteiger partial charge in [0, 0.05) is 34.6 Å². The number of carbonyl (C=O) groups is 1. The van der Waals surface area contributed by atoms with E-state index in [1.165, 1.54) is 11.1 Å². The number of hydrogen-bond acceptors (Lipinski definition) is 3. The van der Waals surface area contributed by atoms with Crippen molar-refractivity contribution >= 4 is 21.7 Å². The Morgan fingerprint density at radius 2 is 1.81 bits per heavy atom. The summed E-state index contributed by atoms with van der Waals surface area (Å²) in [5.74, 6) is 0.570. The van der Waals surface area contributed by atoms with Crippen molar-refractivity contribution in [3.8, 4) is 5.88 Å². The fourth-order valence-corrected chi connectivity index (χ4v) is 3.31. The van der Waals surface area contributed by atoms with E-state index in [0.717, 1.165) is 10.0 Å². The Kier molecular flexibility index (Phi) is 5.84. The second-order valence-corrected chi connectivity index (χ2v) is 7.09. The molecule has 132 valence electrons. The van der Waals surface area contributed by atoms with Gasteiger partial charge in [0.2, 0.25) is 5.88 Å². The van der Waals surface area contributed by atoms with Crippen molar-refractivity contribution in [1.82, 2.24) is 4.98 Å². The summed E-state index contributed by atoms with van der Waals surface area (Å²) < 4.78 is 6.09. The number of ether oxygens (including phenoxy) is 1. The molecule has 0 N–H and O–H groups in total. The topological polar surface area (TPSA) is 39.2 Å². The van der Waals surface area contributed by atoms with Crippen molar-refractivity contribution < 1.29 is 9.53 Å². The molecule has 0 spiro atoms. The summed E-state index contributed by atoms with van der Waals surface area (Å²) in [5, 5.41) is 0. The van der Waals surface area contributed by atoms with Crippen molar-refractivity contribution in [3.63, 3.8) is 0 Å². The van der Waals surface area contributed by atoms with Gasteiger partial charge in [-0.1, -0.05) is 52.3 Å². The SMILES string of the molecule is COc1ccc(C(=O)CC(c2ccc(Br)cc2)c2ccccc2C)cn1. The van der Waals surface area contributed by atoms with Crippen LogP contribution in [0.15, 0.2) is 71.3 Å². The fourth-order valence-electron chi connectivity index (χ4n) is 3.05. The van der Waals surface area contributed by atoms with Crippen molar-refractivity contribution in [1.29, 1.82) is 0 Å². The number of halogens is 1. The molecule has 2 aromatic carbocycles. The number of rotatable bonds is 6. The van der Waals surface area contributed by atoms with E-state index in [1.54, 1.807) is 25.4 Å². The van der Waals surface area contributed by atoms with Crippen LogP contribution in [0.5, 0.6) is 5.88 Å². The van der Waals surface area contributed by atoms with E-state index in [9.17, 15) is 4.79 Å². The van der Waals surface area contributed by atoms with Gasteiger partial charge in [-0.15, -0.1) is 0 Å². The zero-order valence-electron chi connectivity index (χ0n) is 14.8. The number of aromatic nitrogens is 1. The maximum atomic E-state index is 12.9. The third kappa shape index (κ3) is 4.20. The van der Waals surface area contributed by atoms with E-state index in [0.29, 0.717) is 17.9 Å². The monoisotopic (exact) mass is 409 g/mol. The molecule has 3 rings (SSSR count). The highest BCUT2D eigenvalue weighted by Crippen LogP contribution is 2.32. The molecule has 1 heterocycles. The molecule has 1 unspecified atom stereocenters. The number of methoxy groups -OCH3 is 1. The second-order valence-electron chi connectivity index (χ2n) is 6.18. The van der Waals surface area contributed by atoms with Crippen molar-refractivity contribution in [3.05, 3.63) is 93.6 Å². The maximum Gasteiger partial charge on any atom is 0.212 e. The average Bonchev–Trinajstić information content (AvgIpc) is 2.67. The van der Waals surface area contributed by atoms with Gasteiger partial charge in [-0.25, -0.2) is 4.98 Å². The predicted octanol–water partition coefficient (Wildman–Crippen LogP) is 5.57. The van der Waals surface area contributed by atoms with Crippen LogP contribution in [0, 0.1) is 6.92 Å². The first-order valence-corrected chi connectivity index (χ1v) is 9.22. The molecule has 4 heteroatoms. The van der Waals surface area contributed by atoms with Gasteiger partial charge < -0.3 is 4.74 Å². The number of nitrogens with zero attached hydrogens (tertiary/aromatic N) is 1. The van der Waals surface area contributed by atoms with Gasteiger partial charge in [0.15, 0.2) is 5.78 Å². The molecular formula is C22H20BrNO2. The van der Waals surface area contributed by atoms with E-state index >= 15 is 0 Å². The molecule has 0 aliphatic rings. The highest BCUT2D eigenvalue weighted by molar-refractivity contribution is 9.10. The minimum atomic E-state index is -0.00102. The van der Waals surface area contributed by atoms with Crippen LogP contribution >= 0.6 is 15.9 Å². The molecule has 0 bridgehead atoms. The molecule has 0 aliphatic carbocycles. The number of pyridine rings is 1. The Morgan fingerprint density at radius 1 is 1.08 bits per heavy atom. The number of hydrogen-bond donors (Lipinski definition) is 0. The lowest BCUT2D eigenvalue weighted by Gasteiger charge is -2.20. The van der Waals surface area contributed by atoms with Crippen LogP contribution < -0.4 is 4.74 Å². The van der Waals surface area contributed by atoms with Crippen LogP contribution in [0.2, 0.25) is 0 Å². The molecule has 3 aromatic rings. The summed E-state index contributed by atoms with van der Waals surface area (Å²) >= 11 is 3.48. The molecule has 0 saturated carbocycles. The molecule has 0 amide bonds. The number of Topliss-reactive ketones (excluding diaryl/α,β-unsaturated/α-hetero) is 1. The van der Waals surface area contributed by atoms with Crippen molar-refractivity contribution in [2.24, 2.45) is 0 Å². The third-order valence-electron chi connectivity index (χ3n) is 4.49. The van der Waals surface area contributed by atoms with Gasteiger partial charge in [0.25, 0.3) is 0 Å². The molecule has 26 heavy (non-hydrogen) atoms. The summed E-state index contributed by atoms with van der Waals surface area (Å²) in [6.07, 6.45) is 1.97. The van der Waals surface area contributed by atoms with Gasteiger partial charge in [-0.05, 0) is 41.8 Å². The molecule has 0 aliphatic heterocycles. The Balaban J connectivity index is 1.94. The Morgan fingerprint density at radius 3 is 2.42 bits per heavy atom. The summed E-state index contributed by atoms with van der Waals surface area (Å²) in [6, 6.07) is 19.9. The van der Waals surface area contributed by atoms with Gasteiger partial charge >= 0.3 is 0 Å². The fraction of sp³-hybridized carbons (Fsp3) is 0.182. The lowest BCUT2D eigenvalue weighted by molar-refractivity contribution is 0.0977. The largest absolute Gasteiger partial charge is 0.481 e. The first-order chi connectivity index (χ1) is 12.6. The number of ketones is 1. The summed E-state index contributed by atoms with van der Waals surface area (Å²) in [7, 11) is 1.56. The second kappa shape index (κ2) is 8.28. The predicted molar refractivity (Wildman–Crippen MR) is 107 cm³/mol. The first-order valence-electron chi connectivity index (χ1n) is 8.42. The van der Waals surface area contributed by atoms with E-state index in [-0.39, 0.29) is 11.7 Å². The van der Waals surface area contributed by atoms with Crippen LogP contribution in [0.25, 0.3) is 0 Å². The highest BCUT2D eigenvalue weighted by atomic mass is 79.9. The van der Waals surface area contributed by atoms with Crippen LogP contribution in [0.3, 0.4) is 0 Å². The van der Waals surface area contributed by atoms with E-state index in [4.69, 9.17) is 4.74 Å². The first kappa shape index (κ1) is 18.3. The number of benzene rings is 2. The molecule has 1 atom stereocenters. The van der Waals surface area contributed by atoms with Crippen LogP contribution in [0.1, 0.15) is 39.4 Å². The van der Waals surface area contributed by atoms with E-state index in [2.05, 4.69) is 52.1 Å². The average molecular weight is 410 g/mol. The van der Waals surface area contributed by atoms with Crippen molar-refractivity contribution in [2.75, 3.05) is 7.11 Å². The standard InChI is InChI=1S/C22H20BrNO2/c1-15-5-3-4-6-19(15)20(16-7-10-18(23)11-8-16)13-21(25)17-9-12-22(26-2)24-14-17/h3-12,14,20H,13H2,1-2H3. The van der Waals surface area contributed by atoms with E-state index in [1.807, 2.05) is 24.3 Å². The van der Waals surface area contributed by atoms with Crippen LogP contribution in [-0.2, 0) is 0 Å². The lowest BCUT2D eigenvalue weighted by Crippen LogP contribution is -2.11. The van der Waals surface area contributed by atoms with Crippen LogP contribution in [-0.4, -0.2) is 17.9 Å². The summed E-state index contributed by atoms with van der Waals surface area (Å²) in [4.78, 5) is 17.0. The molecule has 3 nitrogen and oxygen atoms in total. The zero-order chi connectivity index (χ0) is 18.5. The Labute approximate surface area is 162 Å². The quantitative estimate of drug-likeness (QED) is 0.499. The maximum absolute atomic E-state index is 12.9. The number of carbonyl (C=O) groups excluding carboxylic acids is 1. The van der Waals surface area contributed by atoms with Crippen LogP contribution in [0.4, 0.5) is 0 Å². The smallest absolute Gasteiger partial charge is 0.212 e. The Hall–Kier alpha value is -2.46. The van der Waals surface area contributed by atoms with E-state index < -0.39 is 0 Å². The van der Waals surface area contributed by atoms with Gasteiger partial charge in [0.05, 0.1) is 7.11 Å². The lowest BCUT2D eigenvalue weighted by atomic mass is 9.84. The zero-order valence-corrected chi connectivity index (χ0v) is 16.4. The van der Waals surface area contributed by atoms with Gasteiger partial charge in [-0.3, -0.25) is 4.79 Å². The summed E-state index contributed by atoms with van der Waals surface area (Å²) in [6.45, 7) is 2.08. The van der Waals surface area contributed by atoms with Crippen molar-refractivity contribution in [2.45, 2.75) is 19.3 Å². The molecule has 0 saturated heterocycles. The summed E-state index contributed by atoms with van der Waals surface area (Å²) in [5.41, 5.74) is 4.07. The van der Waals surface area contributed by atoms with Gasteiger partial charge in [-0.2, -0.15) is 0 Å². The molecule has 0 fully saturated rings. The van der Waals surface area contributed by atoms with Gasteiger partial charge in [0.1, 0.15) is 0 Å². The minimum Gasteiger partial charge on any atom is -0.481 e.